The second-order valence-corrected chi connectivity index (χ2v) is 2.57. The number of non-ortho nitro benzene ring substituents is 1. The van der Waals surface area contributed by atoms with Crippen molar-refractivity contribution in [2.45, 2.75) is 0 Å². The van der Waals surface area contributed by atoms with E-state index in [1.165, 1.54) is 30.4 Å². The maximum Gasteiger partial charge on any atom is 0.270 e. The van der Waals surface area contributed by atoms with Gasteiger partial charge in [-0.3, -0.25) is 14.9 Å². The van der Waals surface area contributed by atoms with Crippen molar-refractivity contribution in [3.05, 3.63) is 40.0 Å². The molecule has 1 rings (SSSR count). The summed E-state index contributed by atoms with van der Waals surface area (Å²) in [5, 5.41) is 10.4. The van der Waals surface area contributed by atoms with Crippen molar-refractivity contribution >= 4 is 23.7 Å². The number of carbonyl (C=O) groups excluding carboxylic acids is 1. The van der Waals surface area contributed by atoms with Crippen LogP contribution in [-0.4, -0.2) is 11.2 Å². The molecule has 72 valence electrons. The zero-order chi connectivity index (χ0) is 10.6. The fraction of sp³-hybridized carbons (Fsp3) is 0. The second kappa shape index (κ2) is 4.18. The largest absolute Gasteiger partial charge is 0.398 e. The molecule has 0 saturated carbocycles. The van der Waals surface area contributed by atoms with E-state index < -0.39 is 4.92 Å². The summed E-state index contributed by atoms with van der Waals surface area (Å²) in [6.07, 6.45) is 3.24. The number of nitrogen functional groups attached to an aromatic ring is 1. The molecule has 0 bridgehead atoms. The molecule has 1 aromatic carbocycles. The monoisotopic (exact) mass is 192 g/mol. The van der Waals surface area contributed by atoms with Gasteiger partial charge >= 0.3 is 0 Å². The first-order chi connectivity index (χ1) is 6.65. The third-order valence-electron chi connectivity index (χ3n) is 1.64. The number of carbonyl (C=O) groups is 1. The summed E-state index contributed by atoms with van der Waals surface area (Å²) < 4.78 is 0. The van der Waals surface area contributed by atoms with Crippen molar-refractivity contribution in [1.29, 1.82) is 0 Å². The topological polar surface area (TPSA) is 86.2 Å². The van der Waals surface area contributed by atoms with Crippen molar-refractivity contribution in [1.82, 2.24) is 0 Å². The van der Waals surface area contributed by atoms with Crippen LogP contribution in [-0.2, 0) is 4.79 Å². The van der Waals surface area contributed by atoms with Crippen molar-refractivity contribution in [2.24, 2.45) is 0 Å². The lowest BCUT2D eigenvalue weighted by Crippen LogP contribution is -1.93. The van der Waals surface area contributed by atoms with E-state index in [4.69, 9.17) is 5.73 Å². The van der Waals surface area contributed by atoms with Crippen molar-refractivity contribution in [2.75, 3.05) is 5.73 Å². The van der Waals surface area contributed by atoms with E-state index in [-0.39, 0.29) is 5.69 Å². The molecule has 0 radical (unpaired) electrons. The Morgan fingerprint density at radius 3 is 2.71 bits per heavy atom. The first kappa shape index (κ1) is 9.91. The van der Waals surface area contributed by atoms with E-state index in [9.17, 15) is 14.9 Å². The molecule has 0 spiro atoms. The van der Waals surface area contributed by atoms with Gasteiger partial charge in [-0.25, -0.2) is 0 Å². The van der Waals surface area contributed by atoms with Crippen LogP contribution in [0.4, 0.5) is 11.4 Å². The summed E-state index contributed by atoms with van der Waals surface area (Å²) in [6.45, 7) is 0. The Bertz CT molecular complexity index is 399. The molecule has 0 fully saturated rings. The Morgan fingerprint density at radius 2 is 2.14 bits per heavy atom. The third-order valence-corrected chi connectivity index (χ3v) is 1.64. The minimum absolute atomic E-state index is 0.0512. The lowest BCUT2D eigenvalue weighted by Gasteiger charge is -1.98. The first-order valence-electron chi connectivity index (χ1n) is 3.81. The Kier molecular flexibility index (Phi) is 2.96. The van der Waals surface area contributed by atoms with Gasteiger partial charge in [-0.15, -0.1) is 0 Å². The van der Waals surface area contributed by atoms with E-state index in [2.05, 4.69) is 0 Å². The van der Waals surface area contributed by atoms with Crippen molar-refractivity contribution in [3.8, 4) is 0 Å². The average Bonchev–Trinajstić information content (AvgIpc) is 2.16. The minimum atomic E-state index is -0.516. The SMILES string of the molecule is Nc1ccc([N+](=O)[O-])cc1C=CC=O. The maximum absolute atomic E-state index is 10.4. The van der Waals surface area contributed by atoms with E-state index in [0.29, 0.717) is 17.5 Å². The van der Waals surface area contributed by atoms with Crippen LogP contribution in [0, 0.1) is 10.1 Å². The molecule has 0 aromatic heterocycles. The Labute approximate surface area is 80.0 Å². The van der Waals surface area contributed by atoms with Gasteiger partial charge in [0.1, 0.15) is 6.29 Å². The lowest BCUT2D eigenvalue weighted by atomic mass is 10.1. The number of aldehydes is 1. The smallest absolute Gasteiger partial charge is 0.270 e. The van der Waals surface area contributed by atoms with Gasteiger partial charge in [0.2, 0.25) is 0 Å². The van der Waals surface area contributed by atoms with Gasteiger partial charge in [0.15, 0.2) is 0 Å². The molecular weight excluding hydrogens is 184 g/mol. The van der Waals surface area contributed by atoms with Crippen molar-refractivity contribution < 1.29 is 9.72 Å². The number of rotatable bonds is 3. The van der Waals surface area contributed by atoms with Crippen LogP contribution in [0.15, 0.2) is 24.3 Å². The fourth-order valence-electron chi connectivity index (χ4n) is 0.963. The van der Waals surface area contributed by atoms with Crippen LogP contribution in [0.1, 0.15) is 5.56 Å². The quantitative estimate of drug-likeness (QED) is 0.258. The van der Waals surface area contributed by atoms with Gasteiger partial charge in [0.05, 0.1) is 4.92 Å². The molecule has 2 N–H and O–H groups in total. The fourth-order valence-corrected chi connectivity index (χ4v) is 0.963. The number of nitro benzene ring substituents is 1. The number of hydrogen-bond donors (Lipinski definition) is 1. The molecule has 0 aliphatic rings. The van der Waals surface area contributed by atoms with Crippen LogP contribution in [0.3, 0.4) is 0 Å². The molecule has 0 aliphatic heterocycles. The molecule has 0 saturated heterocycles. The van der Waals surface area contributed by atoms with Gasteiger partial charge in [0.25, 0.3) is 5.69 Å². The van der Waals surface area contributed by atoms with E-state index >= 15 is 0 Å². The molecule has 14 heavy (non-hydrogen) atoms. The van der Waals surface area contributed by atoms with Crippen LogP contribution in [0.25, 0.3) is 6.08 Å². The summed E-state index contributed by atoms with van der Waals surface area (Å²) in [4.78, 5) is 19.9. The van der Waals surface area contributed by atoms with Crippen LogP contribution < -0.4 is 5.73 Å². The Morgan fingerprint density at radius 1 is 1.43 bits per heavy atom. The van der Waals surface area contributed by atoms with Gasteiger partial charge in [-0.05, 0) is 18.2 Å². The maximum atomic E-state index is 10.4. The van der Waals surface area contributed by atoms with Gasteiger partial charge < -0.3 is 5.73 Å². The highest BCUT2D eigenvalue weighted by atomic mass is 16.6. The highest BCUT2D eigenvalue weighted by Gasteiger charge is 2.06. The molecule has 0 atom stereocenters. The predicted molar refractivity (Wildman–Crippen MR) is 52.6 cm³/mol. The number of nitrogens with zero attached hydrogens (tertiary/aromatic N) is 1. The summed E-state index contributed by atoms with van der Waals surface area (Å²) in [5.74, 6) is 0. The standard InChI is InChI=1S/C9H8N2O3/c10-9-4-3-8(11(13)14)6-7(9)2-1-5-12/h1-6H,10H2. The number of anilines is 1. The van der Waals surface area contributed by atoms with E-state index in [1.54, 1.807) is 0 Å². The Balaban J connectivity index is 3.14. The van der Waals surface area contributed by atoms with E-state index in [1.807, 2.05) is 0 Å². The van der Waals surface area contributed by atoms with Gasteiger partial charge in [-0.1, -0.05) is 0 Å². The van der Waals surface area contributed by atoms with Gasteiger partial charge in [-0.2, -0.15) is 0 Å². The van der Waals surface area contributed by atoms with Crippen LogP contribution >= 0.6 is 0 Å². The normalized spacial score (nSPS) is 10.3. The molecule has 0 aliphatic carbocycles. The lowest BCUT2D eigenvalue weighted by molar-refractivity contribution is -0.384. The molecule has 0 unspecified atom stereocenters. The zero-order valence-electron chi connectivity index (χ0n) is 7.21. The highest BCUT2D eigenvalue weighted by molar-refractivity contribution is 5.78. The zero-order valence-corrected chi connectivity index (χ0v) is 7.21. The molecular formula is C9H8N2O3. The van der Waals surface area contributed by atoms with Crippen LogP contribution in [0.5, 0.6) is 0 Å². The third kappa shape index (κ3) is 2.16. The number of hydrogen-bond acceptors (Lipinski definition) is 4. The molecule has 5 nitrogen and oxygen atoms in total. The minimum Gasteiger partial charge on any atom is -0.398 e. The average molecular weight is 192 g/mol. The number of benzene rings is 1. The molecule has 0 amide bonds. The molecule has 5 heteroatoms. The summed E-state index contributed by atoms with van der Waals surface area (Å²) in [6, 6.07) is 4.06. The summed E-state index contributed by atoms with van der Waals surface area (Å²) in [5.41, 5.74) is 6.35. The second-order valence-electron chi connectivity index (χ2n) is 2.57. The van der Waals surface area contributed by atoms with Crippen LogP contribution in [0.2, 0.25) is 0 Å². The number of nitro groups is 1. The summed E-state index contributed by atoms with van der Waals surface area (Å²) >= 11 is 0. The van der Waals surface area contributed by atoms with Gasteiger partial charge in [0, 0.05) is 23.4 Å². The Hall–Kier alpha value is -2.17. The van der Waals surface area contributed by atoms with Crippen molar-refractivity contribution in [3.63, 3.8) is 0 Å². The number of nitrogens with two attached hydrogens (primary N) is 1. The first-order valence-corrected chi connectivity index (χ1v) is 3.81. The predicted octanol–water partition coefficient (Wildman–Crippen LogP) is 1.39. The summed E-state index contributed by atoms with van der Waals surface area (Å²) in [7, 11) is 0. The highest BCUT2D eigenvalue weighted by Crippen LogP contribution is 2.20. The molecule has 1 aromatic rings. The van der Waals surface area contributed by atoms with E-state index in [0.717, 1.165) is 0 Å². The number of allylic oxidation sites excluding steroid dienone is 1. The molecule has 0 heterocycles.